The van der Waals surface area contributed by atoms with Gasteiger partial charge in [0.25, 0.3) is 5.91 Å². The van der Waals surface area contributed by atoms with Gasteiger partial charge in [0.1, 0.15) is 0 Å². The molecule has 4 nitrogen and oxygen atoms in total. The van der Waals surface area contributed by atoms with E-state index in [4.69, 9.17) is 5.73 Å². The molecule has 0 bridgehead atoms. The van der Waals surface area contributed by atoms with Gasteiger partial charge >= 0.3 is 0 Å². The minimum absolute atomic E-state index is 0.248. The molecule has 0 spiro atoms. The summed E-state index contributed by atoms with van der Waals surface area (Å²) in [4.78, 5) is 16.1. The Morgan fingerprint density at radius 2 is 2.11 bits per heavy atom. The number of aliphatic imine (C=N–C) groups is 1. The third-order valence-corrected chi connectivity index (χ3v) is 3.02. The van der Waals surface area contributed by atoms with E-state index < -0.39 is 6.17 Å². The molecule has 1 amide bonds. The fourth-order valence-electron chi connectivity index (χ4n) is 1.97. The number of carbonyl (C=O) groups excluding carboxylic acids is 1. The Kier molecular flexibility index (Phi) is 3.77. The first kappa shape index (κ1) is 12.8. The van der Waals surface area contributed by atoms with Gasteiger partial charge in [-0.15, -0.1) is 0 Å². The normalized spacial score (nSPS) is 19.0. The summed E-state index contributed by atoms with van der Waals surface area (Å²) in [5.74, 6) is 0.352. The first-order chi connectivity index (χ1) is 8.58. The molecule has 0 aliphatic carbocycles. The number of nitrogens with zero attached hydrogens (tertiary/aromatic N) is 1. The van der Waals surface area contributed by atoms with E-state index in [0.29, 0.717) is 5.92 Å². The van der Waals surface area contributed by atoms with Crippen LogP contribution in [0.2, 0.25) is 0 Å². The molecule has 1 aromatic rings. The van der Waals surface area contributed by atoms with Gasteiger partial charge in [-0.3, -0.25) is 9.79 Å². The van der Waals surface area contributed by atoms with Crippen LogP contribution < -0.4 is 11.1 Å². The Morgan fingerprint density at radius 3 is 2.83 bits per heavy atom. The topological polar surface area (TPSA) is 67.5 Å². The highest BCUT2D eigenvalue weighted by molar-refractivity contribution is 6.11. The van der Waals surface area contributed by atoms with Crippen molar-refractivity contribution in [3.63, 3.8) is 0 Å². The van der Waals surface area contributed by atoms with E-state index in [1.165, 1.54) is 0 Å². The molecule has 3 N–H and O–H groups in total. The highest BCUT2D eigenvalue weighted by Gasteiger charge is 2.21. The summed E-state index contributed by atoms with van der Waals surface area (Å²) in [7, 11) is 0. The summed E-state index contributed by atoms with van der Waals surface area (Å²) >= 11 is 0. The Balaban J connectivity index is 2.35. The highest BCUT2D eigenvalue weighted by Crippen LogP contribution is 2.22. The lowest BCUT2D eigenvalue weighted by Gasteiger charge is -2.10. The molecule has 96 valence electrons. The van der Waals surface area contributed by atoms with E-state index in [9.17, 15) is 4.79 Å². The van der Waals surface area contributed by atoms with Gasteiger partial charge in [0.15, 0.2) is 6.17 Å². The molecule has 1 aliphatic rings. The zero-order chi connectivity index (χ0) is 13.1. The summed E-state index contributed by atoms with van der Waals surface area (Å²) in [6.07, 6.45) is 1.07. The number of anilines is 1. The Morgan fingerprint density at radius 1 is 1.39 bits per heavy atom. The monoisotopic (exact) mass is 245 g/mol. The Bertz CT molecular complexity index is 480. The molecular formula is C14H19N3O. The van der Waals surface area contributed by atoms with Crippen molar-refractivity contribution in [1.82, 2.24) is 0 Å². The summed E-state index contributed by atoms with van der Waals surface area (Å²) < 4.78 is 0. The van der Waals surface area contributed by atoms with Gasteiger partial charge in [0.05, 0.1) is 0 Å². The molecule has 18 heavy (non-hydrogen) atoms. The zero-order valence-corrected chi connectivity index (χ0v) is 10.8. The number of rotatable bonds is 3. The number of para-hydroxylation sites is 1. The third kappa shape index (κ3) is 2.76. The van der Waals surface area contributed by atoms with Crippen molar-refractivity contribution in [3.05, 3.63) is 29.8 Å². The molecule has 1 atom stereocenters. The minimum atomic E-state index is -0.806. The van der Waals surface area contributed by atoms with Gasteiger partial charge in [-0.25, -0.2) is 0 Å². The highest BCUT2D eigenvalue weighted by atomic mass is 16.2. The number of benzene rings is 1. The lowest BCUT2D eigenvalue weighted by atomic mass is 9.99. The predicted octanol–water partition coefficient (Wildman–Crippen LogP) is 2.15. The molecule has 0 radical (unpaired) electrons. The van der Waals surface area contributed by atoms with Crippen molar-refractivity contribution < 1.29 is 4.79 Å². The fraction of sp³-hybridized carbons (Fsp3) is 0.429. The van der Waals surface area contributed by atoms with Crippen molar-refractivity contribution in [2.24, 2.45) is 16.6 Å². The summed E-state index contributed by atoms with van der Waals surface area (Å²) in [5.41, 5.74) is 8.47. The number of benzodiazepines with no additional fused rings is 1. The van der Waals surface area contributed by atoms with Crippen molar-refractivity contribution in [2.45, 2.75) is 32.9 Å². The number of nitrogens with two attached hydrogens (primary N) is 1. The Labute approximate surface area is 107 Å². The van der Waals surface area contributed by atoms with Gasteiger partial charge in [-0.05, 0) is 24.8 Å². The summed E-state index contributed by atoms with van der Waals surface area (Å²) in [5, 5.41) is 2.81. The molecule has 0 saturated heterocycles. The van der Waals surface area contributed by atoms with Crippen molar-refractivity contribution in [1.29, 1.82) is 0 Å². The molecule has 1 heterocycles. The largest absolute Gasteiger partial charge is 0.322 e. The number of hydrogen-bond donors (Lipinski definition) is 2. The van der Waals surface area contributed by atoms with E-state index in [1.54, 1.807) is 0 Å². The van der Waals surface area contributed by atoms with Crippen molar-refractivity contribution >= 4 is 17.3 Å². The van der Waals surface area contributed by atoms with Crippen LogP contribution in [-0.4, -0.2) is 17.8 Å². The first-order valence-electron chi connectivity index (χ1n) is 6.30. The molecule has 2 rings (SSSR count). The minimum Gasteiger partial charge on any atom is -0.322 e. The van der Waals surface area contributed by atoms with Gasteiger partial charge in [0, 0.05) is 17.0 Å². The second-order valence-electron chi connectivity index (χ2n) is 4.99. The molecule has 0 unspecified atom stereocenters. The van der Waals surface area contributed by atoms with Gasteiger partial charge < -0.3 is 11.1 Å². The quantitative estimate of drug-likeness (QED) is 0.856. The fourth-order valence-corrected chi connectivity index (χ4v) is 1.97. The number of fused-ring (bicyclic) bond motifs is 1. The number of hydrogen-bond acceptors (Lipinski definition) is 3. The maximum absolute atomic E-state index is 11.7. The number of amides is 1. The van der Waals surface area contributed by atoms with E-state index >= 15 is 0 Å². The SMILES string of the molecule is CC(C)CCC1=N[C@H](N)C(=O)Nc2ccccc21. The average molecular weight is 245 g/mol. The van der Waals surface area contributed by atoms with E-state index in [0.717, 1.165) is 29.8 Å². The van der Waals surface area contributed by atoms with Crippen LogP contribution in [0.15, 0.2) is 29.3 Å². The van der Waals surface area contributed by atoms with Gasteiger partial charge in [0.2, 0.25) is 0 Å². The molecule has 0 saturated carbocycles. The molecule has 1 aliphatic heterocycles. The average Bonchev–Trinajstić information content (AvgIpc) is 2.45. The zero-order valence-electron chi connectivity index (χ0n) is 10.8. The van der Waals surface area contributed by atoms with Gasteiger partial charge in [-0.1, -0.05) is 32.0 Å². The van der Waals surface area contributed by atoms with Gasteiger partial charge in [-0.2, -0.15) is 0 Å². The van der Waals surface area contributed by atoms with Crippen LogP contribution in [0.4, 0.5) is 5.69 Å². The van der Waals surface area contributed by atoms with E-state index in [-0.39, 0.29) is 5.91 Å². The molecule has 0 aromatic heterocycles. The van der Waals surface area contributed by atoms with Crippen LogP contribution in [0, 0.1) is 5.92 Å². The number of nitrogens with one attached hydrogen (secondary N) is 1. The second kappa shape index (κ2) is 5.31. The standard InChI is InChI=1S/C14H19N3O/c1-9(2)7-8-12-10-5-3-4-6-11(10)17-14(18)13(15)16-12/h3-6,9,13H,7-8,15H2,1-2H3,(H,17,18)/t13-/m0/s1. The van der Waals surface area contributed by atoms with E-state index in [1.807, 2.05) is 24.3 Å². The lowest BCUT2D eigenvalue weighted by Crippen LogP contribution is -2.33. The molecule has 4 heteroatoms. The van der Waals surface area contributed by atoms with Crippen LogP contribution in [0.25, 0.3) is 0 Å². The molecule has 1 aromatic carbocycles. The van der Waals surface area contributed by atoms with E-state index in [2.05, 4.69) is 24.2 Å². The summed E-state index contributed by atoms with van der Waals surface area (Å²) in [6, 6.07) is 7.71. The van der Waals surface area contributed by atoms with Crippen molar-refractivity contribution in [2.75, 3.05) is 5.32 Å². The Hall–Kier alpha value is -1.68. The lowest BCUT2D eigenvalue weighted by molar-refractivity contribution is -0.117. The molecular weight excluding hydrogens is 226 g/mol. The van der Waals surface area contributed by atoms with Crippen LogP contribution in [0.1, 0.15) is 32.3 Å². The number of carbonyl (C=O) groups is 1. The predicted molar refractivity (Wildman–Crippen MR) is 73.7 cm³/mol. The van der Waals surface area contributed by atoms with Crippen LogP contribution in [0.5, 0.6) is 0 Å². The maximum atomic E-state index is 11.7. The molecule has 0 fully saturated rings. The van der Waals surface area contributed by atoms with Crippen LogP contribution in [-0.2, 0) is 4.79 Å². The third-order valence-electron chi connectivity index (χ3n) is 3.02. The summed E-state index contributed by atoms with van der Waals surface area (Å²) in [6.45, 7) is 4.35. The maximum Gasteiger partial charge on any atom is 0.263 e. The second-order valence-corrected chi connectivity index (χ2v) is 4.99. The van der Waals surface area contributed by atoms with Crippen LogP contribution in [0.3, 0.4) is 0 Å². The first-order valence-corrected chi connectivity index (χ1v) is 6.30. The smallest absolute Gasteiger partial charge is 0.263 e. The van der Waals surface area contributed by atoms with Crippen LogP contribution >= 0.6 is 0 Å². The van der Waals surface area contributed by atoms with Crippen molar-refractivity contribution in [3.8, 4) is 0 Å².